The van der Waals surface area contributed by atoms with E-state index in [2.05, 4.69) is 11.1 Å². The van der Waals surface area contributed by atoms with Crippen LogP contribution in [0.4, 0.5) is 0 Å². The van der Waals surface area contributed by atoms with E-state index in [1.54, 1.807) is 0 Å². The summed E-state index contributed by atoms with van der Waals surface area (Å²) in [6.07, 6.45) is 9.28. The maximum atomic E-state index is 10.5. The van der Waals surface area contributed by atoms with Crippen LogP contribution >= 0.6 is 0 Å². The maximum absolute atomic E-state index is 10.5. The summed E-state index contributed by atoms with van der Waals surface area (Å²) in [5.41, 5.74) is 2.13. The maximum Gasteiger partial charge on any atom is 0.0959 e. The minimum Gasteiger partial charge on any atom is -0.389 e. The van der Waals surface area contributed by atoms with Crippen molar-refractivity contribution in [3.63, 3.8) is 0 Å². The Hall–Kier alpha value is -1.39. The summed E-state index contributed by atoms with van der Waals surface area (Å²) >= 11 is 0. The molecule has 4 saturated carbocycles. The predicted molar refractivity (Wildman–Crippen MR) is 92.6 cm³/mol. The largest absolute Gasteiger partial charge is 0.389 e. The summed E-state index contributed by atoms with van der Waals surface area (Å²) in [7, 11) is 0. The van der Waals surface area contributed by atoms with Crippen molar-refractivity contribution in [2.45, 2.75) is 56.8 Å². The lowest BCUT2D eigenvalue weighted by Crippen LogP contribution is -2.52. The van der Waals surface area contributed by atoms with Crippen LogP contribution in [0.1, 0.15) is 38.5 Å². The molecule has 1 aromatic carbocycles. The Kier molecular flexibility index (Phi) is 3.46. The number of aliphatic hydroxyl groups is 1. The number of hydrogen-bond acceptors (Lipinski definition) is 3. The van der Waals surface area contributed by atoms with Gasteiger partial charge < -0.3 is 14.4 Å². The minimum absolute atomic E-state index is 0.0761. The fourth-order valence-corrected chi connectivity index (χ4v) is 5.92. The Bertz CT molecular complexity index is 703. The van der Waals surface area contributed by atoms with Crippen LogP contribution in [-0.4, -0.2) is 33.0 Å². The Morgan fingerprint density at radius 1 is 1.12 bits per heavy atom. The molecule has 128 valence electrons. The highest BCUT2D eigenvalue weighted by Gasteiger charge is 2.51. The van der Waals surface area contributed by atoms with E-state index in [0.717, 1.165) is 28.8 Å². The highest BCUT2D eigenvalue weighted by molar-refractivity contribution is 5.74. The molecular weight excluding hydrogens is 300 g/mol. The average molecular weight is 326 g/mol. The highest BCUT2D eigenvalue weighted by atomic mass is 16.5. The molecule has 0 radical (unpaired) electrons. The van der Waals surface area contributed by atoms with Crippen molar-refractivity contribution < 1.29 is 9.84 Å². The first-order valence-electron chi connectivity index (χ1n) is 9.41. The van der Waals surface area contributed by atoms with E-state index in [1.165, 1.54) is 38.5 Å². The number of aliphatic hydroxyl groups excluding tert-OH is 1. The lowest BCUT2D eigenvalue weighted by molar-refractivity contribution is -0.175. The Morgan fingerprint density at radius 2 is 1.79 bits per heavy atom. The number of benzene rings is 1. The van der Waals surface area contributed by atoms with E-state index in [4.69, 9.17) is 4.74 Å². The number of rotatable bonds is 5. The Labute approximate surface area is 142 Å². The normalized spacial score (nSPS) is 35.6. The van der Waals surface area contributed by atoms with Crippen LogP contribution in [0.3, 0.4) is 0 Å². The molecule has 4 aliphatic carbocycles. The molecule has 0 spiro atoms. The Morgan fingerprint density at radius 3 is 2.50 bits per heavy atom. The van der Waals surface area contributed by atoms with Gasteiger partial charge in [-0.2, -0.15) is 0 Å². The molecule has 1 aromatic heterocycles. The lowest BCUT2D eigenvalue weighted by atomic mass is 9.54. The van der Waals surface area contributed by atoms with E-state index in [1.807, 2.05) is 29.1 Å². The van der Waals surface area contributed by atoms with Crippen LogP contribution in [0.15, 0.2) is 30.6 Å². The number of ether oxygens (including phenoxy) is 1. The topological polar surface area (TPSA) is 47.3 Å². The molecule has 1 atom stereocenters. The third-order valence-electron chi connectivity index (χ3n) is 6.50. The molecule has 0 aliphatic heterocycles. The van der Waals surface area contributed by atoms with Crippen LogP contribution in [0.25, 0.3) is 11.0 Å². The van der Waals surface area contributed by atoms with Gasteiger partial charge in [0.1, 0.15) is 0 Å². The number of para-hydroxylation sites is 2. The number of hydrogen-bond donors (Lipinski definition) is 1. The molecule has 4 fully saturated rings. The van der Waals surface area contributed by atoms with Crippen LogP contribution < -0.4 is 0 Å². The number of aromatic nitrogens is 2. The van der Waals surface area contributed by atoms with E-state index in [-0.39, 0.29) is 5.60 Å². The van der Waals surface area contributed by atoms with Gasteiger partial charge in [0.15, 0.2) is 0 Å². The molecule has 0 saturated heterocycles. The molecule has 0 amide bonds. The zero-order valence-corrected chi connectivity index (χ0v) is 14.1. The van der Waals surface area contributed by atoms with Gasteiger partial charge in [0.2, 0.25) is 0 Å². The number of imidazole rings is 1. The number of nitrogens with zero attached hydrogens (tertiary/aromatic N) is 2. The van der Waals surface area contributed by atoms with Crippen molar-refractivity contribution in [2.75, 3.05) is 6.61 Å². The second-order valence-corrected chi connectivity index (χ2v) is 8.45. The first kappa shape index (κ1) is 14.9. The molecule has 4 aliphatic rings. The molecule has 0 unspecified atom stereocenters. The monoisotopic (exact) mass is 326 g/mol. The molecule has 4 nitrogen and oxygen atoms in total. The van der Waals surface area contributed by atoms with Crippen LogP contribution in [0.2, 0.25) is 0 Å². The SMILES string of the molecule is O[C@@H](COC12CC3CC(CC(C3)C1)C2)Cn1cnc2ccccc21. The summed E-state index contributed by atoms with van der Waals surface area (Å²) in [6.45, 7) is 0.992. The molecular formula is C20H26N2O2. The average Bonchev–Trinajstić information content (AvgIpc) is 2.95. The van der Waals surface area contributed by atoms with E-state index < -0.39 is 6.10 Å². The van der Waals surface area contributed by atoms with Crippen molar-refractivity contribution in [3.8, 4) is 0 Å². The molecule has 1 N–H and O–H groups in total. The standard InChI is InChI=1S/C20H26N2O2/c23-17(11-22-13-21-18-3-1-2-4-19(18)22)12-24-20-8-14-5-15(9-20)7-16(6-14)10-20/h1-4,13-17,23H,5-12H2/t14?,15?,16?,17-,20?/m1/s1. The molecule has 6 rings (SSSR count). The van der Waals surface area contributed by atoms with Gasteiger partial charge in [-0.1, -0.05) is 12.1 Å². The van der Waals surface area contributed by atoms with E-state index in [0.29, 0.717) is 13.2 Å². The molecule has 1 heterocycles. The molecule has 2 aromatic rings. The van der Waals surface area contributed by atoms with Gasteiger partial charge in [0.25, 0.3) is 0 Å². The summed E-state index contributed by atoms with van der Waals surface area (Å²) in [6, 6.07) is 8.06. The minimum atomic E-state index is -0.476. The summed E-state index contributed by atoms with van der Waals surface area (Å²) in [5, 5.41) is 10.5. The van der Waals surface area contributed by atoms with Gasteiger partial charge in [0, 0.05) is 0 Å². The Balaban J connectivity index is 1.24. The first-order chi connectivity index (χ1) is 11.7. The molecule has 24 heavy (non-hydrogen) atoms. The smallest absolute Gasteiger partial charge is 0.0959 e. The second kappa shape index (κ2) is 5.57. The van der Waals surface area contributed by atoms with E-state index >= 15 is 0 Å². The zero-order chi connectivity index (χ0) is 16.1. The van der Waals surface area contributed by atoms with Gasteiger partial charge in [0.05, 0.1) is 42.2 Å². The van der Waals surface area contributed by atoms with Crippen molar-refractivity contribution in [1.29, 1.82) is 0 Å². The van der Waals surface area contributed by atoms with Gasteiger partial charge >= 0.3 is 0 Å². The predicted octanol–water partition coefficient (Wildman–Crippen LogP) is 3.38. The van der Waals surface area contributed by atoms with E-state index in [9.17, 15) is 5.11 Å². The molecule has 4 bridgehead atoms. The highest BCUT2D eigenvalue weighted by Crippen LogP contribution is 2.57. The van der Waals surface area contributed by atoms with Crippen molar-refractivity contribution >= 4 is 11.0 Å². The first-order valence-corrected chi connectivity index (χ1v) is 9.41. The van der Waals surface area contributed by atoms with Crippen molar-refractivity contribution in [2.24, 2.45) is 17.8 Å². The van der Waals surface area contributed by atoms with Gasteiger partial charge in [-0.15, -0.1) is 0 Å². The van der Waals surface area contributed by atoms with Crippen molar-refractivity contribution in [3.05, 3.63) is 30.6 Å². The lowest BCUT2D eigenvalue weighted by Gasteiger charge is -2.56. The zero-order valence-electron chi connectivity index (χ0n) is 14.1. The quantitative estimate of drug-likeness (QED) is 0.916. The summed E-state index contributed by atoms with van der Waals surface area (Å²) in [4.78, 5) is 4.40. The van der Waals surface area contributed by atoms with Crippen LogP contribution in [-0.2, 0) is 11.3 Å². The third-order valence-corrected chi connectivity index (χ3v) is 6.50. The number of fused-ring (bicyclic) bond motifs is 1. The van der Waals surface area contributed by atoms with Gasteiger partial charge in [-0.05, 0) is 68.4 Å². The summed E-state index contributed by atoms with van der Waals surface area (Å²) < 4.78 is 8.41. The fourth-order valence-electron chi connectivity index (χ4n) is 5.92. The van der Waals surface area contributed by atoms with Crippen LogP contribution in [0, 0.1) is 17.8 Å². The van der Waals surface area contributed by atoms with Crippen LogP contribution in [0.5, 0.6) is 0 Å². The van der Waals surface area contributed by atoms with Gasteiger partial charge in [-0.3, -0.25) is 0 Å². The van der Waals surface area contributed by atoms with Crippen molar-refractivity contribution in [1.82, 2.24) is 9.55 Å². The second-order valence-electron chi connectivity index (χ2n) is 8.45. The fraction of sp³-hybridized carbons (Fsp3) is 0.650. The summed E-state index contributed by atoms with van der Waals surface area (Å²) in [5.74, 6) is 2.64. The third kappa shape index (κ3) is 2.56. The van der Waals surface area contributed by atoms with Gasteiger partial charge in [-0.25, -0.2) is 4.98 Å². The molecule has 4 heteroatoms.